The number of carbonyl (C=O) groups excluding carboxylic acids is 3. The molecule has 0 bridgehead atoms. The number of allylic oxidation sites excluding steroid dienone is 1. The van der Waals surface area contributed by atoms with Crippen LogP contribution in [0.15, 0.2) is 34.8 Å². The number of Topliss-reactive ketones (excluding diaryl/α,β-unsaturated/α-hetero) is 2. The maximum atomic E-state index is 13.2. The number of rotatable bonds is 2. The summed E-state index contributed by atoms with van der Waals surface area (Å²) in [5.41, 5.74) is 8.22. The topological polar surface area (TPSA) is 187 Å². The fourth-order valence-electron chi connectivity index (χ4n) is 5.27. The number of aliphatic hydroxyl groups is 3. The number of phenolic OH excluding ortho intramolecular Hbond substituents is 1. The average Bonchev–Trinajstić information content (AvgIpc) is 2.67. The van der Waals surface area contributed by atoms with E-state index < -0.39 is 58.0 Å². The van der Waals surface area contributed by atoms with Crippen molar-refractivity contribution in [1.82, 2.24) is 4.90 Å². The number of aromatic hydroxyl groups is 1. The van der Waals surface area contributed by atoms with Crippen molar-refractivity contribution in [3.63, 3.8) is 0 Å². The third kappa shape index (κ3) is 2.55. The fraction of sp³-hybridized carbons (Fsp3) is 0.381. The number of hydrogen-bond acceptors (Lipinski definition) is 9. The van der Waals surface area contributed by atoms with E-state index in [1.807, 2.05) is 0 Å². The number of hydrogen-bond donors (Lipinski definition) is 6. The first-order chi connectivity index (χ1) is 14.4. The summed E-state index contributed by atoms with van der Waals surface area (Å²) in [7, 11) is 3.15. The number of nitrogens with zero attached hydrogens (tertiary/aromatic N) is 1. The summed E-state index contributed by atoms with van der Waals surface area (Å²) in [6.07, 6.45) is 0.204. The number of phenols is 1. The van der Waals surface area contributed by atoms with Gasteiger partial charge in [0.05, 0.1) is 11.6 Å². The van der Waals surface area contributed by atoms with Crippen molar-refractivity contribution >= 4 is 23.2 Å². The van der Waals surface area contributed by atoms with E-state index in [1.54, 1.807) is 14.1 Å². The van der Waals surface area contributed by atoms with Crippen LogP contribution in [0.1, 0.15) is 22.3 Å². The Morgan fingerprint density at radius 3 is 2.42 bits per heavy atom. The minimum Gasteiger partial charge on any atom is -0.510 e. The summed E-state index contributed by atoms with van der Waals surface area (Å²) < 4.78 is 0. The van der Waals surface area contributed by atoms with E-state index in [0.717, 1.165) is 0 Å². The highest BCUT2D eigenvalue weighted by Gasteiger charge is 2.63. The lowest BCUT2D eigenvalue weighted by molar-refractivity contribution is -0.148. The molecule has 0 spiro atoms. The number of likely N-dealkylation sites (N-methyl/N-ethyl adjacent to an activating group) is 1. The van der Waals surface area contributed by atoms with E-state index in [-0.39, 0.29) is 29.7 Å². The van der Waals surface area contributed by atoms with Gasteiger partial charge in [0.2, 0.25) is 5.78 Å². The van der Waals surface area contributed by atoms with Gasteiger partial charge in [0.1, 0.15) is 22.8 Å². The quantitative estimate of drug-likeness (QED) is 0.208. The Morgan fingerprint density at radius 2 is 1.84 bits per heavy atom. The molecule has 0 heterocycles. The summed E-state index contributed by atoms with van der Waals surface area (Å²) in [6.45, 7) is 0. The molecule has 3 aliphatic carbocycles. The SMILES string of the molecule is CN(C)[C@@H]1C(O)=C(C(N)=O)C(=O)[C@]2(O)C(O)=C3C(=O)c4c(O)ccc(N)c4C[C@@H]3C[C@H]12. The molecule has 0 saturated carbocycles. The van der Waals surface area contributed by atoms with Crippen molar-refractivity contribution in [2.24, 2.45) is 17.6 Å². The van der Waals surface area contributed by atoms with Crippen molar-refractivity contribution < 1.29 is 34.8 Å². The van der Waals surface area contributed by atoms with Crippen molar-refractivity contribution in [2.75, 3.05) is 19.8 Å². The van der Waals surface area contributed by atoms with Crippen LogP contribution >= 0.6 is 0 Å². The Bertz CT molecular complexity index is 1120. The first-order valence-corrected chi connectivity index (χ1v) is 9.68. The third-order valence-corrected chi connectivity index (χ3v) is 6.64. The van der Waals surface area contributed by atoms with E-state index in [4.69, 9.17) is 11.5 Å². The van der Waals surface area contributed by atoms with E-state index in [2.05, 4.69) is 0 Å². The monoisotopic (exact) mass is 429 g/mol. The average molecular weight is 429 g/mol. The van der Waals surface area contributed by atoms with Gasteiger partial charge in [-0.2, -0.15) is 0 Å². The normalized spacial score (nSPS) is 30.3. The van der Waals surface area contributed by atoms with Crippen LogP contribution in [0.2, 0.25) is 0 Å². The van der Waals surface area contributed by atoms with Crippen molar-refractivity contribution in [1.29, 1.82) is 0 Å². The summed E-state index contributed by atoms with van der Waals surface area (Å²) >= 11 is 0. The number of nitrogens with two attached hydrogens (primary N) is 2. The standard InChI is InChI=1S/C21H23N3O7/c1-24(2)15-9-6-7-5-8-10(22)3-4-11(25)13(8)16(26)12(7)18(28)21(9,31)19(29)14(17(15)27)20(23)30/h3-4,7,9,15,25,27-28,31H,5-6,22H2,1-2H3,(H2,23,30)/t7-,9-,15+,21-/m1/s1. The van der Waals surface area contributed by atoms with E-state index in [9.17, 15) is 34.8 Å². The molecule has 8 N–H and O–H groups in total. The Kier molecular flexibility index (Phi) is 4.42. The van der Waals surface area contributed by atoms with E-state index in [0.29, 0.717) is 11.3 Å². The van der Waals surface area contributed by atoms with Crippen molar-refractivity contribution in [3.05, 3.63) is 45.9 Å². The van der Waals surface area contributed by atoms with Gasteiger partial charge in [0.15, 0.2) is 11.4 Å². The first-order valence-electron chi connectivity index (χ1n) is 9.68. The maximum absolute atomic E-state index is 13.2. The number of primary amides is 1. The van der Waals surface area contributed by atoms with Crippen LogP contribution in [-0.2, 0) is 16.0 Å². The zero-order chi connectivity index (χ0) is 23.0. The van der Waals surface area contributed by atoms with Gasteiger partial charge in [0.25, 0.3) is 5.91 Å². The fourth-order valence-corrected chi connectivity index (χ4v) is 5.27. The maximum Gasteiger partial charge on any atom is 0.255 e. The van der Waals surface area contributed by atoms with Gasteiger partial charge < -0.3 is 31.9 Å². The molecule has 4 atom stereocenters. The van der Waals surface area contributed by atoms with E-state index in [1.165, 1.54) is 17.0 Å². The first kappa shape index (κ1) is 20.9. The zero-order valence-corrected chi connectivity index (χ0v) is 16.9. The predicted molar refractivity (Wildman–Crippen MR) is 108 cm³/mol. The van der Waals surface area contributed by atoms with Crippen LogP contribution in [0.25, 0.3) is 0 Å². The van der Waals surface area contributed by atoms with Crippen LogP contribution in [-0.4, -0.2) is 68.5 Å². The van der Waals surface area contributed by atoms with Crippen LogP contribution in [0.3, 0.4) is 0 Å². The molecule has 3 aliphatic rings. The highest BCUT2D eigenvalue weighted by Crippen LogP contribution is 2.52. The number of nitrogen functional groups attached to an aromatic ring is 1. The van der Waals surface area contributed by atoms with Gasteiger partial charge in [0, 0.05) is 17.2 Å². The molecule has 0 saturated heterocycles. The van der Waals surface area contributed by atoms with Crippen molar-refractivity contribution in [2.45, 2.75) is 24.5 Å². The smallest absolute Gasteiger partial charge is 0.255 e. The number of aliphatic hydroxyl groups excluding tert-OH is 2. The number of fused-ring (bicyclic) bond motifs is 3. The zero-order valence-electron chi connectivity index (χ0n) is 16.9. The van der Waals surface area contributed by atoms with Crippen LogP contribution < -0.4 is 11.5 Å². The molecule has 0 aliphatic heterocycles. The Balaban J connectivity index is 1.98. The Hall–Kier alpha value is -3.37. The van der Waals surface area contributed by atoms with Gasteiger partial charge >= 0.3 is 0 Å². The second-order valence-electron chi connectivity index (χ2n) is 8.49. The van der Waals surface area contributed by atoms with Crippen LogP contribution in [0, 0.1) is 11.8 Å². The molecule has 4 rings (SSSR count). The molecular weight excluding hydrogens is 406 g/mol. The largest absolute Gasteiger partial charge is 0.510 e. The van der Waals surface area contributed by atoms with Gasteiger partial charge in [-0.25, -0.2) is 0 Å². The second-order valence-corrected chi connectivity index (χ2v) is 8.49. The molecule has 0 unspecified atom stereocenters. The van der Waals surface area contributed by atoms with Crippen LogP contribution in [0.5, 0.6) is 5.75 Å². The lowest BCUT2D eigenvalue weighted by Crippen LogP contribution is -2.63. The van der Waals surface area contributed by atoms with Gasteiger partial charge in [-0.05, 0) is 50.6 Å². The van der Waals surface area contributed by atoms with Gasteiger partial charge in [-0.1, -0.05) is 0 Å². The molecule has 164 valence electrons. The summed E-state index contributed by atoms with van der Waals surface area (Å²) in [5.74, 6) is -6.80. The molecular formula is C21H23N3O7. The lowest BCUT2D eigenvalue weighted by Gasteiger charge is -2.50. The molecule has 0 fully saturated rings. The predicted octanol–water partition coefficient (Wildman–Crippen LogP) is -0.297. The number of anilines is 1. The highest BCUT2D eigenvalue weighted by molar-refractivity contribution is 6.24. The molecule has 1 amide bonds. The lowest BCUT2D eigenvalue weighted by atomic mass is 9.58. The molecule has 0 aromatic heterocycles. The summed E-state index contributed by atoms with van der Waals surface area (Å²) in [5, 5.41) is 43.4. The number of ketones is 2. The van der Waals surface area contributed by atoms with Crippen LogP contribution in [0.4, 0.5) is 5.69 Å². The molecule has 31 heavy (non-hydrogen) atoms. The Labute approximate surface area is 177 Å². The second kappa shape index (κ2) is 6.56. The molecule has 1 aromatic rings. The highest BCUT2D eigenvalue weighted by atomic mass is 16.3. The summed E-state index contributed by atoms with van der Waals surface area (Å²) in [4.78, 5) is 39.7. The van der Waals surface area contributed by atoms with Gasteiger partial charge in [-0.3, -0.25) is 19.3 Å². The molecule has 1 aromatic carbocycles. The Morgan fingerprint density at radius 1 is 1.19 bits per heavy atom. The molecule has 0 radical (unpaired) electrons. The minimum atomic E-state index is -2.64. The minimum absolute atomic E-state index is 0.0286. The number of benzene rings is 1. The molecule has 10 heteroatoms. The number of amides is 1. The molecule has 10 nitrogen and oxygen atoms in total. The third-order valence-electron chi connectivity index (χ3n) is 6.64. The van der Waals surface area contributed by atoms with E-state index >= 15 is 0 Å². The van der Waals surface area contributed by atoms with Gasteiger partial charge in [-0.15, -0.1) is 0 Å². The summed E-state index contributed by atoms with van der Waals surface area (Å²) in [6, 6.07) is 1.70. The van der Waals surface area contributed by atoms with Crippen molar-refractivity contribution in [3.8, 4) is 5.75 Å². The number of carbonyl (C=O) groups is 3.